The van der Waals surface area contributed by atoms with Gasteiger partial charge in [-0.3, -0.25) is 0 Å². The highest BCUT2D eigenvalue weighted by Gasteiger charge is 2.46. The largest absolute Gasteiger partial charge is 0.228 e. The lowest BCUT2D eigenvalue weighted by molar-refractivity contribution is 0.768. The van der Waals surface area contributed by atoms with E-state index in [1.54, 1.807) is 0 Å². The Balaban J connectivity index is 1.17. The minimum atomic E-state index is -0.657. The van der Waals surface area contributed by atoms with E-state index >= 15 is 0 Å². The van der Waals surface area contributed by atoms with Crippen LogP contribution in [0.4, 0.5) is 0 Å². The third kappa shape index (κ3) is 5.92. The Morgan fingerprint density at radius 2 is 0.754 bits per heavy atom. The summed E-state index contributed by atoms with van der Waals surface area (Å²) in [6.45, 7) is 0. The highest BCUT2D eigenvalue weighted by atomic mass is 14.9. The second-order valence-electron chi connectivity index (χ2n) is 14.5. The second-order valence-corrected chi connectivity index (χ2v) is 14.5. The summed E-state index contributed by atoms with van der Waals surface area (Å²) < 4.78 is 0. The lowest BCUT2D eigenvalue weighted by Crippen LogP contribution is -2.28. The van der Waals surface area contributed by atoms with Crippen LogP contribution >= 0.6 is 0 Å². The fourth-order valence-corrected chi connectivity index (χ4v) is 8.50. The van der Waals surface area contributed by atoms with E-state index in [0.717, 1.165) is 72.6 Å². The zero-order valence-electron chi connectivity index (χ0n) is 31.0. The smallest absolute Gasteiger partial charge is 0.160 e. The van der Waals surface area contributed by atoms with Crippen molar-refractivity contribution in [2.45, 2.75) is 5.41 Å². The number of fused-ring (bicyclic) bond motifs is 3. The maximum atomic E-state index is 10.1. The van der Waals surface area contributed by atoms with Crippen molar-refractivity contribution in [3.05, 3.63) is 240 Å². The average Bonchev–Trinajstić information content (AvgIpc) is 3.59. The first-order chi connectivity index (χ1) is 28.2. The molecule has 0 N–H and O–H groups in total. The van der Waals surface area contributed by atoms with Crippen molar-refractivity contribution in [2.75, 3.05) is 0 Å². The molecule has 3 heteroatoms. The van der Waals surface area contributed by atoms with Gasteiger partial charge in [0.15, 0.2) is 5.82 Å². The van der Waals surface area contributed by atoms with Crippen LogP contribution in [0.15, 0.2) is 212 Å². The van der Waals surface area contributed by atoms with Crippen LogP contribution in [-0.2, 0) is 5.41 Å². The van der Waals surface area contributed by atoms with Gasteiger partial charge in [-0.15, -0.1) is 0 Å². The lowest BCUT2D eigenvalue weighted by atomic mass is 9.67. The molecule has 0 spiro atoms. The first-order valence-electron chi connectivity index (χ1n) is 19.2. The summed E-state index contributed by atoms with van der Waals surface area (Å²) in [6.07, 6.45) is 0. The molecule has 0 aliphatic heterocycles. The van der Waals surface area contributed by atoms with E-state index in [4.69, 9.17) is 9.97 Å². The van der Waals surface area contributed by atoms with Gasteiger partial charge in [-0.2, -0.15) is 5.26 Å². The van der Waals surface area contributed by atoms with Gasteiger partial charge < -0.3 is 0 Å². The van der Waals surface area contributed by atoms with Crippen molar-refractivity contribution < 1.29 is 0 Å². The van der Waals surface area contributed by atoms with Gasteiger partial charge in [0.1, 0.15) is 0 Å². The summed E-state index contributed by atoms with van der Waals surface area (Å²) in [5.74, 6) is 0.661. The van der Waals surface area contributed by atoms with Crippen LogP contribution in [0.25, 0.3) is 67.3 Å². The summed E-state index contributed by atoms with van der Waals surface area (Å²) >= 11 is 0. The fourth-order valence-electron chi connectivity index (χ4n) is 8.50. The molecule has 0 saturated carbocycles. The van der Waals surface area contributed by atoms with Gasteiger partial charge >= 0.3 is 0 Å². The molecule has 266 valence electrons. The molecule has 0 saturated heterocycles. The zero-order valence-corrected chi connectivity index (χ0v) is 31.0. The Morgan fingerprint density at radius 3 is 1.28 bits per heavy atom. The Morgan fingerprint density at radius 1 is 0.351 bits per heavy atom. The highest BCUT2D eigenvalue weighted by Crippen LogP contribution is 2.57. The summed E-state index contributed by atoms with van der Waals surface area (Å²) in [5.41, 5.74) is 16.1. The number of aromatic nitrogens is 2. The Labute approximate surface area is 332 Å². The quantitative estimate of drug-likeness (QED) is 0.164. The normalized spacial score (nSPS) is 12.3. The number of hydrogen-bond acceptors (Lipinski definition) is 3. The number of benzene rings is 8. The highest BCUT2D eigenvalue weighted by molar-refractivity contribution is 5.89. The Hall–Kier alpha value is -7.67. The molecule has 0 bridgehead atoms. The lowest BCUT2D eigenvalue weighted by Gasteiger charge is -2.34. The third-order valence-electron chi connectivity index (χ3n) is 11.2. The van der Waals surface area contributed by atoms with E-state index in [2.05, 4.69) is 200 Å². The third-order valence-corrected chi connectivity index (χ3v) is 11.2. The summed E-state index contributed by atoms with van der Waals surface area (Å²) in [7, 11) is 0. The molecule has 1 heterocycles. The topological polar surface area (TPSA) is 49.6 Å². The summed E-state index contributed by atoms with van der Waals surface area (Å²) in [5, 5.41) is 10.1. The first-order valence-corrected chi connectivity index (χ1v) is 19.2. The van der Waals surface area contributed by atoms with E-state index in [-0.39, 0.29) is 0 Å². The molecule has 0 amide bonds. The van der Waals surface area contributed by atoms with Crippen molar-refractivity contribution in [1.82, 2.24) is 9.97 Å². The van der Waals surface area contributed by atoms with Crippen molar-refractivity contribution in [3.63, 3.8) is 0 Å². The maximum absolute atomic E-state index is 10.1. The van der Waals surface area contributed by atoms with Gasteiger partial charge in [0, 0.05) is 16.7 Å². The van der Waals surface area contributed by atoms with Crippen LogP contribution < -0.4 is 0 Å². The monoisotopic (exact) mass is 725 g/mol. The molecule has 3 nitrogen and oxygen atoms in total. The SMILES string of the molecule is N#Cc1ccc2c(c1)C(c1ccccc1)(c1ccccc1)c1cc(-c3cc(-c4ccc(-c5ccccc5)cc4)nc(-c4ccc(-c5ccccc5)cc4)n3)ccc1-2. The molecule has 0 unspecified atom stereocenters. The molecule has 1 aromatic heterocycles. The van der Waals surface area contributed by atoms with Crippen molar-refractivity contribution in [3.8, 4) is 73.4 Å². The molecule has 1 aliphatic rings. The zero-order chi connectivity index (χ0) is 38.2. The van der Waals surface area contributed by atoms with Gasteiger partial charge in [-0.25, -0.2) is 9.97 Å². The summed E-state index contributed by atoms with van der Waals surface area (Å²) in [4.78, 5) is 10.5. The molecule has 8 aromatic carbocycles. The van der Waals surface area contributed by atoms with Crippen LogP contribution in [-0.4, -0.2) is 9.97 Å². The van der Waals surface area contributed by atoms with Crippen molar-refractivity contribution in [1.29, 1.82) is 5.26 Å². The number of rotatable bonds is 7. The van der Waals surface area contributed by atoms with Crippen molar-refractivity contribution >= 4 is 0 Å². The first kappa shape index (κ1) is 33.9. The van der Waals surface area contributed by atoms with E-state index in [1.165, 1.54) is 11.1 Å². The number of nitrogens with zero attached hydrogens (tertiary/aromatic N) is 3. The molecule has 57 heavy (non-hydrogen) atoms. The van der Waals surface area contributed by atoms with Gasteiger partial charge in [0.25, 0.3) is 0 Å². The van der Waals surface area contributed by atoms with Gasteiger partial charge in [-0.1, -0.05) is 188 Å². The number of nitriles is 1. The molecular formula is C54H35N3. The molecule has 9 aromatic rings. The van der Waals surface area contributed by atoms with Crippen LogP contribution in [0.3, 0.4) is 0 Å². The summed E-state index contributed by atoms with van der Waals surface area (Å²) in [6, 6.07) is 76.7. The predicted molar refractivity (Wildman–Crippen MR) is 231 cm³/mol. The van der Waals surface area contributed by atoms with Gasteiger partial charge in [0.2, 0.25) is 0 Å². The fraction of sp³-hybridized carbons (Fsp3) is 0.0185. The van der Waals surface area contributed by atoms with Gasteiger partial charge in [0.05, 0.1) is 28.4 Å². The predicted octanol–water partition coefficient (Wildman–Crippen LogP) is 13.0. The maximum Gasteiger partial charge on any atom is 0.160 e. The van der Waals surface area contributed by atoms with Gasteiger partial charge in [-0.05, 0) is 79.9 Å². The molecular weight excluding hydrogens is 691 g/mol. The molecule has 1 aliphatic carbocycles. The Kier molecular flexibility index (Phi) is 8.43. The molecule has 0 radical (unpaired) electrons. The minimum Gasteiger partial charge on any atom is -0.228 e. The number of hydrogen-bond donors (Lipinski definition) is 0. The molecule has 0 fully saturated rings. The van der Waals surface area contributed by atoms with E-state index in [9.17, 15) is 5.26 Å². The standard InChI is InChI=1S/C54H35N3/c55-36-37-21-31-47-48-32-30-44(34-50(48)54(49(47)33-37,45-17-9-3-10-18-45)46-19-11-4-12-20-46)52-35-51(42-26-22-40(23-27-42)38-13-5-1-6-14-38)56-53(57-52)43-28-24-41(25-29-43)39-15-7-2-8-16-39/h1-35H. The van der Waals surface area contributed by atoms with Crippen LogP contribution in [0.2, 0.25) is 0 Å². The Bertz CT molecular complexity index is 2770. The van der Waals surface area contributed by atoms with E-state index in [0.29, 0.717) is 11.4 Å². The van der Waals surface area contributed by atoms with Crippen LogP contribution in [0.1, 0.15) is 27.8 Å². The average molecular weight is 726 g/mol. The van der Waals surface area contributed by atoms with Crippen molar-refractivity contribution in [2.24, 2.45) is 0 Å². The minimum absolute atomic E-state index is 0.639. The van der Waals surface area contributed by atoms with Crippen LogP contribution in [0, 0.1) is 11.3 Å². The van der Waals surface area contributed by atoms with E-state index in [1.807, 2.05) is 18.2 Å². The molecule has 10 rings (SSSR count). The van der Waals surface area contributed by atoms with E-state index < -0.39 is 5.41 Å². The second kappa shape index (κ2) is 14.2. The van der Waals surface area contributed by atoms with Crippen LogP contribution in [0.5, 0.6) is 0 Å². The molecule has 0 atom stereocenters.